The Hall–Kier alpha value is -3.08. The maximum Gasteiger partial charge on any atom is 0.415 e. The first-order valence-corrected chi connectivity index (χ1v) is 8.13. The molecule has 1 fully saturated rings. The molecule has 1 N–H and O–H groups in total. The van der Waals surface area contributed by atoms with Gasteiger partial charge < -0.3 is 9.72 Å². The van der Waals surface area contributed by atoms with E-state index in [1.54, 1.807) is 17.0 Å². The van der Waals surface area contributed by atoms with Crippen molar-refractivity contribution in [1.82, 2.24) is 4.98 Å². The minimum Gasteiger partial charge on any atom is -0.447 e. The number of carbonyl (C=O) groups is 1. The van der Waals surface area contributed by atoms with Crippen LogP contribution in [0.2, 0.25) is 0 Å². The van der Waals surface area contributed by atoms with Gasteiger partial charge in [0.2, 0.25) is 0 Å². The van der Waals surface area contributed by atoms with E-state index >= 15 is 0 Å². The van der Waals surface area contributed by atoms with Crippen molar-refractivity contribution in [3.63, 3.8) is 0 Å². The third-order valence-electron chi connectivity index (χ3n) is 4.46. The Kier molecular flexibility index (Phi) is 3.76. The zero-order chi connectivity index (χ0) is 17.4. The molecule has 1 saturated heterocycles. The van der Waals surface area contributed by atoms with Crippen molar-refractivity contribution in [2.75, 3.05) is 18.1 Å². The maximum atomic E-state index is 13.3. The highest BCUT2D eigenvalue weighted by atomic mass is 19.1. The lowest BCUT2D eigenvalue weighted by molar-refractivity contribution is 0.181. The molecular formula is C20H17FN2O2. The number of anilines is 1. The molecule has 5 heteroatoms. The van der Waals surface area contributed by atoms with Gasteiger partial charge in [-0.25, -0.2) is 9.18 Å². The highest BCUT2D eigenvalue weighted by molar-refractivity contribution is 5.97. The average Bonchev–Trinajstić information content (AvgIpc) is 3.20. The van der Waals surface area contributed by atoms with Crippen molar-refractivity contribution in [3.05, 3.63) is 66.0 Å². The van der Waals surface area contributed by atoms with Gasteiger partial charge >= 0.3 is 6.09 Å². The lowest BCUT2D eigenvalue weighted by Gasteiger charge is -2.14. The van der Waals surface area contributed by atoms with Crippen LogP contribution in [-0.4, -0.2) is 24.2 Å². The summed E-state index contributed by atoms with van der Waals surface area (Å²) in [5, 5.41) is 0. The Labute approximate surface area is 144 Å². The van der Waals surface area contributed by atoms with Crippen LogP contribution < -0.4 is 4.90 Å². The SMILES string of the molecule is Cc1c(-c2ccccc2)[nH]c(N2CCOC2=O)c1-c1ccc(F)cc1. The highest BCUT2D eigenvalue weighted by Gasteiger charge is 2.29. The average molecular weight is 336 g/mol. The minimum absolute atomic E-state index is 0.289. The summed E-state index contributed by atoms with van der Waals surface area (Å²) in [5.74, 6) is 0.396. The van der Waals surface area contributed by atoms with E-state index < -0.39 is 0 Å². The second-order valence-electron chi connectivity index (χ2n) is 5.99. The zero-order valence-electron chi connectivity index (χ0n) is 13.8. The molecule has 1 amide bonds. The molecule has 0 spiro atoms. The molecule has 3 aromatic rings. The summed E-state index contributed by atoms with van der Waals surface area (Å²) >= 11 is 0. The van der Waals surface area contributed by atoms with E-state index in [1.807, 2.05) is 37.3 Å². The number of halogens is 1. The van der Waals surface area contributed by atoms with Crippen LogP contribution in [-0.2, 0) is 4.74 Å². The largest absolute Gasteiger partial charge is 0.447 e. The highest BCUT2D eigenvalue weighted by Crippen LogP contribution is 2.40. The fraction of sp³-hybridized carbons (Fsp3) is 0.150. The summed E-state index contributed by atoms with van der Waals surface area (Å²) < 4.78 is 18.4. The molecule has 0 bridgehead atoms. The van der Waals surface area contributed by atoms with Crippen molar-refractivity contribution in [2.24, 2.45) is 0 Å². The van der Waals surface area contributed by atoms with Gasteiger partial charge in [-0.05, 0) is 35.7 Å². The van der Waals surface area contributed by atoms with Crippen molar-refractivity contribution in [1.29, 1.82) is 0 Å². The summed E-state index contributed by atoms with van der Waals surface area (Å²) in [7, 11) is 0. The van der Waals surface area contributed by atoms with E-state index in [9.17, 15) is 9.18 Å². The van der Waals surface area contributed by atoms with Crippen LogP contribution in [0.1, 0.15) is 5.56 Å². The number of benzene rings is 2. The number of hydrogen-bond donors (Lipinski definition) is 1. The van der Waals surface area contributed by atoms with E-state index in [-0.39, 0.29) is 11.9 Å². The van der Waals surface area contributed by atoms with Gasteiger partial charge in [-0.15, -0.1) is 0 Å². The number of aromatic nitrogens is 1. The quantitative estimate of drug-likeness (QED) is 0.750. The fourth-order valence-corrected chi connectivity index (χ4v) is 3.24. The molecular weight excluding hydrogens is 319 g/mol. The molecule has 1 aliphatic heterocycles. The topological polar surface area (TPSA) is 45.3 Å². The number of cyclic esters (lactones) is 1. The summed E-state index contributed by atoms with van der Waals surface area (Å²) in [6.45, 7) is 2.85. The Morgan fingerprint density at radius 1 is 1.04 bits per heavy atom. The molecule has 0 atom stereocenters. The molecule has 0 unspecified atom stereocenters. The molecule has 0 saturated carbocycles. The normalized spacial score (nSPS) is 14.0. The minimum atomic E-state index is -0.371. The summed E-state index contributed by atoms with van der Waals surface area (Å²) in [6, 6.07) is 16.2. The van der Waals surface area contributed by atoms with Gasteiger partial charge in [-0.1, -0.05) is 42.5 Å². The Balaban J connectivity index is 1.92. The molecule has 4 nitrogen and oxygen atoms in total. The molecule has 0 aliphatic carbocycles. The van der Waals surface area contributed by atoms with Crippen LogP contribution in [0.15, 0.2) is 54.6 Å². The van der Waals surface area contributed by atoms with Crippen LogP contribution >= 0.6 is 0 Å². The summed E-state index contributed by atoms with van der Waals surface area (Å²) in [6.07, 6.45) is -0.371. The zero-order valence-corrected chi connectivity index (χ0v) is 13.8. The van der Waals surface area contributed by atoms with Crippen LogP contribution in [0.25, 0.3) is 22.4 Å². The number of nitrogens with one attached hydrogen (secondary N) is 1. The van der Waals surface area contributed by atoms with Crippen LogP contribution in [0.3, 0.4) is 0 Å². The Morgan fingerprint density at radius 2 is 1.76 bits per heavy atom. The number of amides is 1. The molecule has 2 heterocycles. The van der Waals surface area contributed by atoms with Crippen molar-refractivity contribution < 1.29 is 13.9 Å². The third-order valence-corrected chi connectivity index (χ3v) is 4.46. The summed E-state index contributed by atoms with van der Waals surface area (Å²) in [5.41, 5.74) is 4.72. The van der Waals surface area contributed by atoms with E-state index in [4.69, 9.17) is 4.74 Å². The predicted molar refractivity (Wildman–Crippen MR) is 95.1 cm³/mol. The number of carbonyl (C=O) groups excluding carboxylic acids is 1. The molecule has 1 aromatic heterocycles. The molecule has 0 radical (unpaired) electrons. The molecule has 4 rings (SSSR count). The van der Waals surface area contributed by atoms with Gasteiger partial charge in [-0.2, -0.15) is 0 Å². The van der Waals surface area contributed by atoms with E-state index in [0.717, 1.165) is 27.9 Å². The standard InChI is InChI=1S/C20H17FN2O2/c1-13-17(14-7-9-16(21)10-8-14)19(23-11-12-25-20(23)24)22-18(13)15-5-3-2-4-6-15/h2-10,22H,11-12H2,1H3. The van der Waals surface area contributed by atoms with Crippen LogP contribution in [0, 0.1) is 12.7 Å². The number of hydrogen-bond acceptors (Lipinski definition) is 2. The fourth-order valence-electron chi connectivity index (χ4n) is 3.24. The number of ether oxygens (including phenoxy) is 1. The first-order chi connectivity index (χ1) is 12.1. The number of H-pyrrole nitrogens is 1. The van der Waals surface area contributed by atoms with E-state index in [2.05, 4.69) is 4.98 Å². The van der Waals surface area contributed by atoms with Crippen molar-refractivity contribution in [3.8, 4) is 22.4 Å². The molecule has 25 heavy (non-hydrogen) atoms. The van der Waals surface area contributed by atoms with Gasteiger partial charge in [-0.3, -0.25) is 4.90 Å². The number of rotatable bonds is 3. The lowest BCUT2D eigenvalue weighted by atomic mass is 10.00. The molecule has 2 aromatic carbocycles. The van der Waals surface area contributed by atoms with Gasteiger partial charge in [0, 0.05) is 5.56 Å². The predicted octanol–water partition coefficient (Wildman–Crippen LogP) is 4.75. The number of nitrogens with zero attached hydrogens (tertiary/aromatic N) is 1. The Morgan fingerprint density at radius 3 is 2.40 bits per heavy atom. The van der Waals surface area contributed by atoms with Gasteiger partial charge in [0.25, 0.3) is 0 Å². The van der Waals surface area contributed by atoms with Gasteiger partial charge in [0.1, 0.15) is 18.2 Å². The third kappa shape index (κ3) is 2.67. The summed E-state index contributed by atoms with van der Waals surface area (Å²) in [4.78, 5) is 17.1. The maximum absolute atomic E-state index is 13.3. The van der Waals surface area contributed by atoms with Crippen LogP contribution in [0.4, 0.5) is 15.0 Å². The second kappa shape index (κ2) is 6.09. The second-order valence-corrected chi connectivity index (χ2v) is 5.99. The lowest BCUT2D eigenvalue weighted by Crippen LogP contribution is -2.24. The molecule has 126 valence electrons. The first-order valence-electron chi connectivity index (χ1n) is 8.13. The smallest absolute Gasteiger partial charge is 0.415 e. The van der Waals surface area contributed by atoms with Gasteiger partial charge in [0.05, 0.1) is 12.2 Å². The number of aromatic amines is 1. The van der Waals surface area contributed by atoms with Gasteiger partial charge in [0.15, 0.2) is 0 Å². The van der Waals surface area contributed by atoms with Crippen molar-refractivity contribution in [2.45, 2.75) is 6.92 Å². The van der Waals surface area contributed by atoms with E-state index in [1.165, 1.54) is 12.1 Å². The van der Waals surface area contributed by atoms with Crippen molar-refractivity contribution >= 4 is 11.9 Å². The van der Waals surface area contributed by atoms with Crippen LogP contribution in [0.5, 0.6) is 0 Å². The first kappa shape index (κ1) is 15.4. The van der Waals surface area contributed by atoms with E-state index in [0.29, 0.717) is 19.0 Å². The molecule has 1 aliphatic rings. The Bertz CT molecular complexity index is 917. The monoisotopic (exact) mass is 336 g/mol.